The minimum atomic E-state index is -0.200. The smallest absolute Gasteiger partial charge is 0.123 e. The van der Waals surface area contributed by atoms with Crippen LogP contribution in [0.2, 0.25) is 0 Å². The lowest BCUT2D eigenvalue weighted by Gasteiger charge is -2.11. The van der Waals surface area contributed by atoms with Crippen molar-refractivity contribution in [3.05, 3.63) is 35.6 Å². The quantitative estimate of drug-likeness (QED) is 0.724. The molecule has 0 aromatic heterocycles. The Morgan fingerprint density at radius 1 is 1.36 bits per heavy atom. The van der Waals surface area contributed by atoms with E-state index in [2.05, 4.69) is 17.2 Å². The first-order chi connectivity index (χ1) is 6.74. The molecular formula is C12H14FN. The van der Waals surface area contributed by atoms with Crippen molar-refractivity contribution in [2.75, 3.05) is 6.54 Å². The van der Waals surface area contributed by atoms with E-state index in [1.165, 1.54) is 12.1 Å². The van der Waals surface area contributed by atoms with Crippen LogP contribution in [0.3, 0.4) is 0 Å². The van der Waals surface area contributed by atoms with Crippen LogP contribution in [0, 0.1) is 17.7 Å². The Morgan fingerprint density at radius 2 is 2.00 bits per heavy atom. The van der Waals surface area contributed by atoms with Gasteiger partial charge in [0.05, 0.1) is 6.54 Å². The van der Waals surface area contributed by atoms with E-state index in [4.69, 9.17) is 0 Å². The number of benzene rings is 1. The topological polar surface area (TPSA) is 12.0 Å². The highest BCUT2D eigenvalue weighted by atomic mass is 19.1. The van der Waals surface area contributed by atoms with E-state index in [9.17, 15) is 4.39 Å². The van der Waals surface area contributed by atoms with Crippen LogP contribution in [0.25, 0.3) is 0 Å². The average molecular weight is 191 g/mol. The third-order valence-corrected chi connectivity index (χ3v) is 2.04. The summed E-state index contributed by atoms with van der Waals surface area (Å²) in [5, 5.41) is 3.22. The first-order valence-electron chi connectivity index (χ1n) is 4.62. The molecule has 2 heteroatoms. The molecule has 0 radical (unpaired) electrons. The fraction of sp³-hybridized carbons (Fsp3) is 0.333. The summed E-state index contributed by atoms with van der Waals surface area (Å²) in [6.07, 6.45) is 0. The van der Waals surface area contributed by atoms with Gasteiger partial charge in [-0.3, -0.25) is 5.32 Å². The van der Waals surface area contributed by atoms with E-state index in [1.54, 1.807) is 12.1 Å². The van der Waals surface area contributed by atoms with Crippen LogP contribution >= 0.6 is 0 Å². The fourth-order valence-electron chi connectivity index (χ4n) is 1.16. The molecule has 1 N–H and O–H groups in total. The number of rotatable bonds is 3. The normalized spacial score (nSPS) is 11.6. The van der Waals surface area contributed by atoms with Crippen molar-refractivity contribution < 1.29 is 4.39 Å². The molecule has 1 nitrogen and oxygen atoms in total. The van der Waals surface area contributed by atoms with Crippen LogP contribution in [0.15, 0.2) is 24.3 Å². The van der Waals surface area contributed by atoms with Crippen LogP contribution in [0.5, 0.6) is 0 Å². The summed E-state index contributed by atoms with van der Waals surface area (Å²) in [6, 6.07) is 6.72. The van der Waals surface area contributed by atoms with Gasteiger partial charge in [-0.2, -0.15) is 0 Å². The summed E-state index contributed by atoms with van der Waals surface area (Å²) in [5.74, 6) is 5.54. The maximum Gasteiger partial charge on any atom is 0.123 e. The zero-order chi connectivity index (χ0) is 10.4. The van der Waals surface area contributed by atoms with Crippen molar-refractivity contribution in [3.63, 3.8) is 0 Å². The minimum absolute atomic E-state index is 0.200. The van der Waals surface area contributed by atoms with Crippen molar-refractivity contribution in [2.24, 2.45) is 0 Å². The van der Waals surface area contributed by atoms with Gasteiger partial charge in [0, 0.05) is 6.04 Å². The van der Waals surface area contributed by atoms with Gasteiger partial charge >= 0.3 is 0 Å². The third kappa shape index (κ3) is 3.20. The van der Waals surface area contributed by atoms with Crippen LogP contribution in [-0.2, 0) is 0 Å². The van der Waals surface area contributed by atoms with E-state index < -0.39 is 0 Å². The molecule has 0 unspecified atom stereocenters. The molecule has 0 saturated heterocycles. The maximum absolute atomic E-state index is 12.6. The zero-order valence-electron chi connectivity index (χ0n) is 8.47. The Hall–Kier alpha value is -1.33. The van der Waals surface area contributed by atoms with E-state index in [0.29, 0.717) is 6.54 Å². The highest BCUT2D eigenvalue weighted by molar-refractivity contribution is 5.19. The van der Waals surface area contributed by atoms with Crippen molar-refractivity contribution in [1.82, 2.24) is 5.32 Å². The van der Waals surface area contributed by atoms with Gasteiger partial charge < -0.3 is 0 Å². The van der Waals surface area contributed by atoms with Crippen LogP contribution in [0.1, 0.15) is 25.5 Å². The second-order valence-electron chi connectivity index (χ2n) is 3.08. The van der Waals surface area contributed by atoms with E-state index in [-0.39, 0.29) is 11.9 Å². The highest BCUT2D eigenvalue weighted by Crippen LogP contribution is 2.11. The number of halogens is 1. The highest BCUT2D eigenvalue weighted by Gasteiger charge is 2.02. The van der Waals surface area contributed by atoms with E-state index >= 15 is 0 Å². The number of nitrogens with one attached hydrogen (secondary N) is 1. The summed E-state index contributed by atoms with van der Waals surface area (Å²) < 4.78 is 12.6. The maximum atomic E-state index is 12.6. The molecule has 1 aromatic carbocycles. The molecule has 0 aliphatic carbocycles. The Kier molecular flexibility index (Phi) is 4.15. The molecule has 1 rings (SSSR count). The minimum Gasteiger partial charge on any atom is -0.300 e. The van der Waals surface area contributed by atoms with Crippen molar-refractivity contribution >= 4 is 0 Å². The fourth-order valence-corrected chi connectivity index (χ4v) is 1.16. The van der Waals surface area contributed by atoms with Crippen LogP contribution in [0.4, 0.5) is 4.39 Å². The van der Waals surface area contributed by atoms with Crippen LogP contribution < -0.4 is 5.32 Å². The third-order valence-electron chi connectivity index (χ3n) is 2.04. The molecule has 0 bridgehead atoms. The van der Waals surface area contributed by atoms with E-state index in [0.717, 1.165) is 5.56 Å². The van der Waals surface area contributed by atoms with Gasteiger partial charge in [-0.25, -0.2) is 4.39 Å². The van der Waals surface area contributed by atoms with Gasteiger partial charge in [0.15, 0.2) is 0 Å². The van der Waals surface area contributed by atoms with Gasteiger partial charge in [-0.15, -0.1) is 5.92 Å². The lowest BCUT2D eigenvalue weighted by Crippen LogP contribution is -2.18. The summed E-state index contributed by atoms with van der Waals surface area (Å²) in [6.45, 7) is 4.50. The molecule has 0 aliphatic heterocycles. The van der Waals surface area contributed by atoms with Gasteiger partial charge in [0.1, 0.15) is 5.82 Å². The first-order valence-corrected chi connectivity index (χ1v) is 4.62. The number of hydrogen-bond acceptors (Lipinski definition) is 1. The first kappa shape index (κ1) is 10.7. The lowest BCUT2D eigenvalue weighted by molar-refractivity contribution is 0.609. The average Bonchev–Trinajstić information content (AvgIpc) is 2.19. The van der Waals surface area contributed by atoms with E-state index in [1.807, 2.05) is 13.8 Å². The molecule has 74 valence electrons. The lowest BCUT2D eigenvalue weighted by atomic mass is 10.1. The predicted octanol–water partition coefficient (Wildman–Crippen LogP) is 2.50. The monoisotopic (exact) mass is 191 g/mol. The van der Waals surface area contributed by atoms with Gasteiger partial charge in [-0.05, 0) is 31.5 Å². The predicted molar refractivity (Wildman–Crippen MR) is 56.3 cm³/mol. The number of hydrogen-bond donors (Lipinski definition) is 1. The Morgan fingerprint density at radius 3 is 2.57 bits per heavy atom. The Labute approximate surface area is 84.3 Å². The zero-order valence-corrected chi connectivity index (χ0v) is 8.47. The summed E-state index contributed by atoms with van der Waals surface area (Å²) >= 11 is 0. The van der Waals surface area contributed by atoms with Crippen LogP contribution in [-0.4, -0.2) is 6.54 Å². The Balaban J connectivity index is 2.54. The summed E-state index contributed by atoms with van der Waals surface area (Å²) in [5.41, 5.74) is 1.07. The summed E-state index contributed by atoms with van der Waals surface area (Å²) in [4.78, 5) is 0. The van der Waals surface area contributed by atoms with Gasteiger partial charge in [0.2, 0.25) is 0 Å². The molecule has 14 heavy (non-hydrogen) atoms. The molecular weight excluding hydrogens is 177 g/mol. The standard InChI is InChI=1S/C12H14FN/c1-3-4-9-14-10(2)11-5-7-12(13)8-6-11/h5-8,10,14H,9H2,1-2H3/t10-/m1/s1. The molecule has 0 spiro atoms. The largest absolute Gasteiger partial charge is 0.300 e. The molecule has 1 atom stereocenters. The van der Waals surface area contributed by atoms with Crippen molar-refractivity contribution in [3.8, 4) is 11.8 Å². The SMILES string of the molecule is CC#CCN[C@H](C)c1ccc(F)cc1. The summed E-state index contributed by atoms with van der Waals surface area (Å²) in [7, 11) is 0. The molecule has 0 saturated carbocycles. The van der Waals surface area contributed by atoms with Gasteiger partial charge in [-0.1, -0.05) is 18.1 Å². The molecule has 0 fully saturated rings. The molecule has 1 aromatic rings. The molecule has 0 heterocycles. The van der Waals surface area contributed by atoms with Crippen molar-refractivity contribution in [1.29, 1.82) is 0 Å². The Bertz CT molecular complexity index is 332. The molecule has 0 amide bonds. The molecule has 0 aliphatic rings. The second kappa shape index (κ2) is 5.41. The van der Waals surface area contributed by atoms with Crippen molar-refractivity contribution in [2.45, 2.75) is 19.9 Å². The van der Waals surface area contributed by atoms with Gasteiger partial charge in [0.25, 0.3) is 0 Å². The second-order valence-corrected chi connectivity index (χ2v) is 3.08.